The molecule has 1 fully saturated rings. The van der Waals surface area contributed by atoms with E-state index in [2.05, 4.69) is 31.2 Å². The predicted molar refractivity (Wildman–Crippen MR) is 91.0 cm³/mol. The van der Waals surface area contributed by atoms with Crippen LogP contribution in [0.2, 0.25) is 0 Å². The molecule has 0 atom stereocenters. The highest BCUT2D eigenvalue weighted by molar-refractivity contribution is 5.29. The van der Waals surface area contributed by atoms with Crippen molar-refractivity contribution in [2.75, 3.05) is 6.61 Å². The summed E-state index contributed by atoms with van der Waals surface area (Å²) in [5, 5.41) is 0. The van der Waals surface area contributed by atoms with Crippen LogP contribution in [0.3, 0.4) is 0 Å². The summed E-state index contributed by atoms with van der Waals surface area (Å²) in [6.07, 6.45) is 11.7. The number of benzene rings is 1. The molecule has 0 spiro atoms. The van der Waals surface area contributed by atoms with E-state index >= 15 is 0 Å². The molecule has 1 aliphatic rings. The molecule has 0 amide bonds. The second-order valence-electron chi connectivity index (χ2n) is 6.43. The molecular formula is C20H29FO. The summed E-state index contributed by atoms with van der Waals surface area (Å²) < 4.78 is 17.7. The molecule has 1 nitrogen and oxygen atoms in total. The SMILES string of the molecule is CCCCOc1ccc([C@H]2CC[C@H](CC/C=C/F)CC2)cc1. The molecule has 1 aromatic rings. The zero-order valence-corrected chi connectivity index (χ0v) is 13.8. The Morgan fingerprint density at radius 2 is 1.86 bits per heavy atom. The van der Waals surface area contributed by atoms with Crippen LogP contribution in [-0.4, -0.2) is 6.61 Å². The standard InChI is InChI=1S/C20H29FO/c1-2-3-16-22-20-13-11-19(12-14-20)18-9-7-17(8-10-18)6-4-5-15-21/h5,11-15,17-18H,2-4,6-10,16H2,1H3/b15-5+/t17-,18-. The van der Waals surface area contributed by atoms with E-state index in [1.807, 2.05) is 0 Å². The molecule has 0 unspecified atom stereocenters. The Labute approximate surface area is 134 Å². The highest BCUT2D eigenvalue weighted by Gasteiger charge is 2.21. The normalized spacial score (nSPS) is 22.1. The van der Waals surface area contributed by atoms with Crippen LogP contribution in [0.5, 0.6) is 5.75 Å². The summed E-state index contributed by atoms with van der Waals surface area (Å²) in [7, 11) is 0. The van der Waals surface area contributed by atoms with Crippen LogP contribution in [0, 0.1) is 5.92 Å². The first-order valence-corrected chi connectivity index (χ1v) is 8.81. The minimum Gasteiger partial charge on any atom is -0.494 e. The number of halogens is 1. The topological polar surface area (TPSA) is 9.23 Å². The van der Waals surface area contributed by atoms with Gasteiger partial charge < -0.3 is 4.74 Å². The maximum absolute atomic E-state index is 12.0. The van der Waals surface area contributed by atoms with Crippen LogP contribution in [-0.2, 0) is 0 Å². The lowest BCUT2D eigenvalue weighted by atomic mass is 9.77. The van der Waals surface area contributed by atoms with Crippen LogP contribution in [0.25, 0.3) is 0 Å². The van der Waals surface area contributed by atoms with Crippen LogP contribution in [0.1, 0.15) is 69.8 Å². The van der Waals surface area contributed by atoms with Crippen molar-refractivity contribution in [1.82, 2.24) is 0 Å². The Kier molecular flexibility index (Phi) is 7.48. The number of rotatable bonds is 8. The fourth-order valence-electron chi connectivity index (χ4n) is 3.35. The lowest BCUT2D eigenvalue weighted by molar-refractivity contribution is 0.306. The highest BCUT2D eigenvalue weighted by atomic mass is 19.1. The minimum absolute atomic E-state index is 0.676. The monoisotopic (exact) mass is 304 g/mol. The second-order valence-corrected chi connectivity index (χ2v) is 6.43. The van der Waals surface area contributed by atoms with Gasteiger partial charge in [0.15, 0.2) is 0 Å². The molecule has 122 valence electrons. The molecule has 2 rings (SSSR count). The van der Waals surface area contributed by atoms with Crippen molar-refractivity contribution in [3.05, 3.63) is 42.2 Å². The lowest BCUT2D eigenvalue weighted by Crippen LogP contribution is -2.13. The van der Waals surface area contributed by atoms with Crippen molar-refractivity contribution in [3.8, 4) is 5.75 Å². The molecule has 2 heteroatoms. The molecule has 0 N–H and O–H groups in total. The van der Waals surface area contributed by atoms with Gasteiger partial charge in [-0.2, -0.15) is 0 Å². The molecule has 0 aromatic heterocycles. The van der Waals surface area contributed by atoms with Crippen molar-refractivity contribution >= 4 is 0 Å². The number of allylic oxidation sites excluding steroid dienone is 1. The molecule has 0 aliphatic heterocycles. The largest absolute Gasteiger partial charge is 0.494 e. The highest BCUT2D eigenvalue weighted by Crippen LogP contribution is 2.37. The van der Waals surface area contributed by atoms with E-state index in [-0.39, 0.29) is 0 Å². The molecule has 0 radical (unpaired) electrons. The molecule has 0 heterocycles. The fraction of sp³-hybridized carbons (Fsp3) is 0.600. The molecule has 1 aromatic carbocycles. The van der Waals surface area contributed by atoms with Gasteiger partial charge in [-0.3, -0.25) is 0 Å². The summed E-state index contributed by atoms with van der Waals surface area (Å²) in [4.78, 5) is 0. The van der Waals surface area contributed by atoms with Gasteiger partial charge in [0, 0.05) is 0 Å². The Bertz CT molecular complexity index is 430. The van der Waals surface area contributed by atoms with Gasteiger partial charge in [-0.15, -0.1) is 0 Å². The van der Waals surface area contributed by atoms with Crippen molar-refractivity contribution in [2.24, 2.45) is 5.92 Å². The van der Waals surface area contributed by atoms with Gasteiger partial charge in [-0.1, -0.05) is 31.6 Å². The van der Waals surface area contributed by atoms with E-state index in [0.717, 1.165) is 37.5 Å². The van der Waals surface area contributed by atoms with Gasteiger partial charge in [-0.05, 0) is 74.5 Å². The molecule has 22 heavy (non-hydrogen) atoms. The minimum atomic E-state index is 0.676. The third-order valence-electron chi connectivity index (χ3n) is 4.80. The Morgan fingerprint density at radius 1 is 1.14 bits per heavy atom. The van der Waals surface area contributed by atoms with E-state index in [9.17, 15) is 4.39 Å². The van der Waals surface area contributed by atoms with Crippen LogP contribution in [0.15, 0.2) is 36.7 Å². The smallest absolute Gasteiger partial charge is 0.119 e. The van der Waals surface area contributed by atoms with Gasteiger partial charge in [-0.25, -0.2) is 4.39 Å². The average molecular weight is 304 g/mol. The maximum Gasteiger partial charge on any atom is 0.119 e. The van der Waals surface area contributed by atoms with E-state index in [4.69, 9.17) is 4.74 Å². The Morgan fingerprint density at radius 3 is 2.50 bits per heavy atom. The Hall–Kier alpha value is -1.31. The van der Waals surface area contributed by atoms with Gasteiger partial charge in [0.25, 0.3) is 0 Å². The fourth-order valence-corrected chi connectivity index (χ4v) is 3.35. The van der Waals surface area contributed by atoms with Crippen molar-refractivity contribution in [3.63, 3.8) is 0 Å². The maximum atomic E-state index is 12.0. The summed E-state index contributed by atoms with van der Waals surface area (Å²) in [5.74, 6) is 2.46. The molecular weight excluding hydrogens is 275 g/mol. The zero-order chi connectivity index (χ0) is 15.6. The summed E-state index contributed by atoms with van der Waals surface area (Å²) in [6.45, 7) is 2.99. The summed E-state index contributed by atoms with van der Waals surface area (Å²) in [5.41, 5.74) is 1.45. The van der Waals surface area contributed by atoms with E-state index in [1.54, 1.807) is 6.08 Å². The van der Waals surface area contributed by atoms with Gasteiger partial charge in [0.05, 0.1) is 12.9 Å². The summed E-state index contributed by atoms with van der Waals surface area (Å²) in [6, 6.07) is 8.70. The van der Waals surface area contributed by atoms with Gasteiger partial charge >= 0.3 is 0 Å². The molecule has 1 aliphatic carbocycles. The molecule has 0 saturated heterocycles. The number of unbranched alkanes of at least 4 members (excludes halogenated alkanes) is 1. The molecule has 0 bridgehead atoms. The van der Waals surface area contributed by atoms with Gasteiger partial charge in [0.1, 0.15) is 5.75 Å². The summed E-state index contributed by atoms with van der Waals surface area (Å²) >= 11 is 0. The van der Waals surface area contributed by atoms with Gasteiger partial charge in [0.2, 0.25) is 0 Å². The van der Waals surface area contributed by atoms with Crippen molar-refractivity contribution < 1.29 is 9.13 Å². The quantitative estimate of drug-likeness (QED) is 0.505. The number of hydrogen-bond acceptors (Lipinski definition) is 1. The Balaban J connectivity index is 1.76. The van der Waals surface area contributed by atoms with Crippen LogP contribution < -0.4 is 4.74 Å². The lowest BCUT2D eigenvalue weighted by Gasteiger charge is -2.28. The predicted octanol–water partition coefficient (Wildman–Crippen LogP) is 6.40. The van der Waals surface area contributed by atoms with Crippen LogP contribution >= 0.6 is 0 Å². The first-order valence-electron chi connectivity index (χ1n) is 8.81. The first kappa shape index (κ1) is 17.1. The van der Waals surface area contributed by atoms with Crippen molar-refractivity contribution in [2.45, 2.75) is 64.2 Å². The first-order chi connectivity index (χ1) is 10.8. The third kappa shape index (κ3) is 5.47. The molecule has 1 saturated carbocycles. The van der Waals surface area contributed by atoms with E-state index in [0.29, 0.717) is 12.2 Å². The van der Waals surface area contributed by atoms with Crippen LogP contribution in [0.4, 0.5) is 4.39 Å². The third-order valence-corrected chi connectivity index (χ3v) is 4.80. The van der Waals surface area contributed by atoms with E-state index in [1.165, 1.54) is 37.7 Å². The zero-order valence-electron chi connectivity index (χ0n) is 13.8. The average Bonchev–Trinajstić information content (AvgIpc) is 2.57. The number of hydrogen-bond donors (Lipinski definition) is 0. The van der Waals surface area contributed by atoms with E-state index < -0.39 is 0 Å². The second kappa shape index (κ2) is 9.66. The number of ether oxygens (including phenoxy) is 1. The van der Waals surface area contributed by atoms with Crippen molar-refractivity contribution in [1.29, 1.82) is 0 Å².